The van der Waals surface area contributed by atoms with Crippen LogP contribution in [0.3, 0.4) is 0 Å². The van der Waals surface area contributed by atoms with Crippen LogP contribution in [0, 0.1) is 0 Å². The average Bonchev–Trinajstić information content (AvgIpc) is 3.24. The first kappa shape index (κ1) is 18.8. The van der Waals surface area contributed by atoms with Crippen LogP contribution >= 0.6 is 0 Å². The van der Waals surface area contributed by atoms with Crippen molar-refractivity contribution in [3.8, 4) is 11.5 Å². The van der Waals surface area contributed by atoms with Crippen LogP contribution in [0.2, 0.25) is 0 Å². The monoisotopic (exact) mass is 385 g/mol. The summed E-state index contributed by atoms with van der Waals surface area (Å²) in [7, 11) is 0. The van der Waals surface area contributed by atoms with E-state index in [1.165, 1.54) is 6.42 Å². The van der Waals surface area contributed by atoms with Gasteiger partial charge in [-0.25, -0.2) is 0 Å². The van der Waals surface area contributed by atoms with E-state index in [4.69, 9.17) is 14.0 Å². The fraction of sp³-hybridized carbons (Fsp3) is 0.571. The third-order valence-electron chi connectivity index (χ3n) is 5.14. The number of ether oxygens (including phenoxy) is 2. The minimum absolute atomic E-state index is 0.109. The van der Waals surface area contributed by atoms with E-state index < -0.39 is 5.79 Å². The molecule has 28 heavy (non-hydrogen) atoms. The van der Waals surface area contributed by atoms with E-state index in [1.54, 1.807) is 0 Å². The van der Waals surface area contributed by atoms with E-state index >= 15 is 0 Å². The van der Waals surface area contributed by atoms with Gasteiger partial charge < -0.3 is 19.3 Å². The standard InChI is InChI=1S/C21H27N3O4/c1-20(2,3)19-23-18(28-24-19)10-9-17(25)22-14-7-8-15-16(13-14)27-21(26-15)11-5-4-6-12-21/h7-8,13H,4-6,9-12H2,1-3H3,(H,22,25). The largest absolute Gasteiger partial charge is 0.448 e. The highest BCUT2D eigenvalue weighted by Gasteiger charge is 2.42. The third kappa shape index (κ3) is 3.98. The van der Waals surface area contributed by atoms with Crippen molar-refractivity contribution >= 4 is 11.6 Å². The Morgan fingerprint density at radius 3 is 2.61 bits per heavy atom. The minimum Gasteiger partial charge on any atom is -0.448 e. The molecule has 7 heteroatoms. The molecule has 2 aliphatic rings. The lowest BCUT2D eigenvalue weighted by Crippen LogP contribution is -2.40. The van der Waals surface area contributed by atoms with Gasteiger partial charge in [-0.15, -0.1) is 0 Å². The molecule has 0 saturated heterocycles. The molecule has 1 aliphatic carbocycles. The summed E-state index contributed by atoms with van der Waals surface area (Å²) < 4.78 is 17.4. The number of fused-ring (bicyclic) bond motifs is 1. The van der Waals surface area contributed by atoms with Crippen molar-refractivity contribution in [3.63, 3.8) is 0 Å². The number of anilines is 1. The number of amides is 1. The Labute approximate surface area is 164 Å². The minimum atomic E-state index is -0.508. The smallest absolute Gasteiger partial charge is 0.251 e. The van der Waals surface area contributed by atoms with Crippen LogP contribution < -0.4 is 14.8 Å². The Kier molecular flexibility index (Phi) is 4.77. The molecule has 1 aromatic carbocycles. The Bertz CT molecular complexity index is 863. The van der Waals surface area contributed by atoms with Crippen LogP contribution in [0.5, 0.6) is 11.5 Å². The predicted octanol–water partition coefficient (Wildman–Crippen LogP) is 4.37. The van der Waals surface area contributed by atoms with Gasteiger partial charge in [0.05, 0.1) is 0 Å². The summed E-state index contributed by atoms with van der Waals surface area (Å²) in [5.74, 6) is 1.96. The van der Waals surface area contributed by atoms with Crippen molar-refractivity contribution in [1.29, 1.82) is 0 Å². The number of rotatable bonds is 4. The molecular formula is C21H27N3O4. The fourth-order valence-corrected chi connectivity index (χ4v) is 3.57. The van der Waals surface area contributed by atoms with Crippen LogP contribution in [0.1, 0.15) is 71.0 Å². The molecule has 1 saturated carbocycles. The summed E-state index contributed by atoms with van der Waals surface area (Å²) in [6.45, 7) is 6.06. The topological polar surface area (TPSA) is 86.5 Å². The number of nitrogens with one attached hydrogen (secondary N) is 1. The molecule has 1 fully saturated rings. The maximum atomic E-state index is 12.3. The molecule has 0 radical (unpaired) electrons. The summed E-state index contributed by atoms with van der Waals surface area (Å²) in [6.07, 6.45) is 5.94. The molecular weight excluding hydrogens is 358 g/mol. The van der Waals surface area contributed by atoms with Gasteiger partial charge in [0.25, 0.3) is 5.79 Å². The molecule has 150 valence electrons. The molecule has 7 nitrogen and oxygen atoms in total. The zero-order valence-corrected chi connectivity index (χ0v) is 16.7. The summed E-state index contributed by atoms with van der Waals surface area (Å²) in [4.78, 5) is 16.7. The highest BCUT2D eigenvalue weighted by Crippen LogP contribution is 2.46. The van der Waals surface area contributed by atoms with Gasteiger partial charge in [-0.1, -0.05) is 32.3 Å². The summed E-state index contributed by atoms with van der Waals surface area (Å²) in [5, 5.41) is 6.89. The number of aryl methyl sites for hydroxylation is 1. The van der Waals surface area contributed by atoms with Crippen molar-refractivity contribution in [2.45, 2.75) is 76.9 Å². The van der Waals surface area contributed by atoms with Gasteiger partial charge in [-0.2, -0.15) is 4.98 Å². The number of nitrogens with zero attached hydrogens (tertiary/aromatic N) is 2. The van der Waals surface area contributed by atoms with Gasteiger partial charge in [0.2, 0.25) is 11.8 Å². The highest BCUT2D eigenvalue weighted by atomic mass is 16.7. The van der Waals surface area contributed by atoms with E-state index in [0.717, 1.165) is 31.4 Å². The van der Waals surface area contributed by atoms with Gasteiger partial charge >= 0.3 is 0 Å². The number of benzene rings is 1. The van der Waals surface area contributed by atoms with E-state index in [0.29, 0.717) is 29.6 Å². The van der Waals surface area contributed by atoms with Crippen LogP contribution in [0.4, 0.5) is 5.69 Å². The Morgan fingerprint density at radius 1 is 1.14 bits per heavy atom. The third-order valence-corrected chi connectivity index (χ3v) is 5.14. The van der Waals surface area contributed by atoms with Crippen molar-refractivity contribution in [1.82, 2.24) is 10.1 Å². The summed E-state index contributed by atoms with van der Waals surface area (Å²) in [5.41, 5.74) is 0.521. The van der Waals surface area contributed by atoms with Crippen molar-refractivity contribution in [3.05, 3.63) is 29.9 Å². The maximum Gasteiger partial charge on any atom is 0.251 e. The molecule has 1 aliphatic heterocycles. The second-order valence-electron chi connectivity index (χ2n) is 8.65. The van der Waals surface area contributed by atoms with Crippen LogP contribution in [-0.2, 0) is 16.6 Å². The maximum absolute atomic E-state index is 12.3. The molecule has 2 heterocycles. The molecule has 1 amide bonds. The first-order chi connectivity index (χ1) is 13.3. The SMILES string of the molecule is CC(C)(C)c1noc(CCC(=O)Nc2ccc3c(c2)OC2(CCCCC2)O3)n1. The quantitative estimate of drug-likeness (QED) is 0.841. The summed E-state index contributed by atoms with van der Waals surface area (Å²) in [6, 6.07) is 5.54. The lowest BCUT2D eigenvalue weighted by Gasteiger charge is -2.31. The van der Waals surface area contributed by atoms with E-state index in [2.05, 4.69) is 15.5 Å². The first-order valence-corrected chi connectivity index (χ1v) is 9.98. The van der Waals surface area contributed by atoms with Crippen molar-refractivity contribution in [2.24, 2.45) is 0 Å². The summed E-state index contributed by atoms with van der Waals surface area (Å²) >= 11 is 0. The number of hydrogen-bond acceptors (Lipinski definition) is 6. The number of aromatic nitrogens is 2. The first-order valence-electron chi connectivity index (χ1n) is 9.98. The van der Waals surface area contributed by atoms with E-state index in [9.17, 15) is 4.79 Å². The normalized spacial score (nSPS) is 17.7. The van der Waals surface area contributed by atoms with Crippen LogP contribution in [0.25, 0.3) is 0 Å². The zero-order chi connectivity index (χ0) is 19.8. The average molecular weight is 385 g/mol. The van der Waals surface area contributed by atoms with Gasteiger partial charge in [-0.05, 0) is 25.0 Å². The Hall–Kier alpha value is -2.57. The molecule has 1 spiro atoms. The Balaban J connectivity index is 1.33. The second-order valence-corrected chi connectivity index (χ2v) is 8.65. The number of hydrogen-bond donors (Lipinski definition) is 1. The van der Waals surface area contributed by atoms with Gasteiger partial charge in [-0.3, -0.25) is 4.79 Å². The van der Waals surface area contributed by atoms with Crippen molar-refractivity contribution < 1.29 is 18.8 Å². The number of carbonyl (C=O) groups excluding carboxylic acids is 1. The molecule has 2 aromatic rings. The molecule has 1 N–H and O–H groups in total. The van der Waals surface area contributed by atoms with Gasteiger partial charge in [0, 0.05) is 42.9 Å². The van der Waals surface area contributed by atoms with E-state index in [-0.39, 0.29) is 17.7 Å². The lowest BCUT2D eigenvalue weighted by molar-refractivity contribution is -0.116. The van der Waals surface area contributed by atoms with Gasteiger partial charge in [0.15, 0.2) is 17.3 Å². The number of carbonyl (C=O) groups is 1. The Morgan fingerprint density at radius 2 is 1.89 bits per heavy atom. The van der Waals surface area contributed by atoms with Gasteiger partial charge in [0.1, 0.15) is 0 Å². The highest BCUT2D eigenvalue weighted by molar-refractivity contribution is 5.91. The molecule has 0 unspecified atom stereocenters. The zero-order valence-electron chi connectivity index (χ0n) is 16.7. The van der Waals surface area contributed by atoms with Crippen molar-refractivity contribution in [2.75, 3.05) is 5.32 Å². The molecule has 4 rings (SSSR count). The predicted molar refractivity (Wildman–Crippen MR) is 103 cm³/mol. The second kappa shape index (κ2) is 7.11. The van der Waals surface area contributed by atoms with E-state index in [1.807, 2.05) is 39.0 Å². The van der Waals surface area contributed by atoms with Crippen LogP contribution in [0.15, 0.2) is 22.7 Å². The molecule has 1 aromatic heterocycles. The fourth-order valence-electron chi connectivity index (χ4n) is 3.57. The molecule has 0 bridgehead atoms. The van der Waals surface area contributed by atoms with Crippen LogP contribution in [-0.4, -0.2) is 21.8 Å². The molecule has 0 atom stereocenters. The lowest BCUT2D eigenvalue weighted by atomic mass is 9.94.